The predicted molar refractivity (Wildman–Crippen MR) is 230 cm³/mol. The molecule has 0 spiro atoms. The molecule has 0 bridgehead atoms. The van der Waals surface area contributed by atoms with Crippen molar-refractivity contribution in [2.75, 3.05) is 6.61 Å². The minimum atomic E-state index is 0.0207. The van der Waals surface area contributed by atoms with Crippen LogP contribution in [0.15, 0.2) is 24.3 Å². The quantitative estimate of drug-likeness (QED) is 0.0357. The van der Waals surface area contributed by atoms with Crippen LogP contribution >= 0.6 is 0 Å². The highest BCUT2D eigenvalue weighted by Crippen LogP contribution is 2.17. The largest absolute Gasteiger partial charge is 0.466 e. The third-order valence-corrected chi connectivity index (χ3v) is 10.8. The smallest absolute Gasteiger partial charge is 0.305 e. The van der Waals surface area contributed by atoms with Gasteiger partial charge >= 0.3 is 5.97 Å². The van der Waals surface area contributed by atoms with E-state index in [1.54, 1.807) is 0 Å². The van der Waals surface area contributed by atoms with E-state index in [2.05, 4.69) is 38.2 Å². The molecule has 2 heteroatoms. The number of hydrogen-bond acceptors (Lipinski definition) is 2. The van der Waals surface area contributed by atoms with Crippen LogP contribution in [0.5, 0.6) is 0 Å². The Balaban J connectivity index is 3.17. The van der Waals surface area contributed by atoms with E-state index in [-0.39, 0.29) is 5.97 Å². The second kappa shape index (κ2) is 47.0. The lowest BCUT2D eigenvalue weighted by atomic mass is 10.0. The SMILES string of the molecule is CCCCC/C=C\C/C=C/CCCCCCCCOC(=O)CCCCCCCCCCCCCCCCCCCCCCCCCCCCCC. The van der Waals surface area contributed by atoms with Crippen LogP contribution in [0, 0.1) is 0 Å². The molecule has 0 aliphatic rings. The van der Waals surface area contributed by atoms with Crippen LogP contribution in [0.25, 0.3) is 0 Å². The lowest BCUT2D eigenvalue weighted by molar-refractivity contribution is -0.143. The molecule has 0 saturated heterocycles. The van der Waals surface area contributed by atoms with Crippen LogP contribution in [-0.4, -0.2) is 12.6 Å². The van der Waals surface area contributed by atoms with Gasteiger partial charge in [0.1, 0.15) is 0 Å². The maximum atomic E-state index is 12.0. The molecule has 0 aliphatic heterocycles. The molecule has 0 aromatic heterocycles. The zero-order valence-electron chi connectivity index (χ0n) is 35.3. The standard InChI is InChI=1S/C49H94O2/c1-3-5-7-9-11-13-15-17-19-21-22-23-24-25-26-27-28-29-30-31-32-33-35-37-39-41-43-45-47-49(50)51-48-46-44-42-40-38-36-34-20-18-16-14-12-10-8-6-4-2/h12,14,18,20H,3-11,13,15-17,19,21-48H2,1-2H3/b14-12-,20-18+. The summed E-state index contributed by atoms with van der Waals surface area (Å²) in [5.41, 5.74) is 0. The molecular formula is C49H94O2. The van der Waals surface area contributed by atoms with Crippen LogP contribution < -0.4 is 0 Å². The molecule has 0 saturated carbocycles. The molecule has 0 fully saturated rings. The Hall–Kier alpha value is -1.05. The third kappa shape index (κ3) is 46.9. The average molecular weight is 715 g/mol. The molecule has 0 amide bonds. The number of hydrogen-bond donors (Lipinski definition) is 0. The zero-order chi connectivity index (χ0) is 36.8. The summed E-state index contributed by atoms with van der Waals surface area (Å²) >= 11 is 0. The monoisotopic (exact) mass is 715 g/mol. The van der Waals surface area contributed by atoms with Crippen molar-refractivity contribution < 1.29 is 9.53 Å². The first-order valence-electron chi connectivity index (χ1n) is 23.8. The van der Waals surface area contributed by atoms with Gasteiger partial charge in [0.2, 0.25) is 0 Å². The number of unbranched alkanes of at least 4 members (excludes halogenated alkanes) is 36. The highest BCUT2D eigenvalue weighted by molar-refractivity contribution is 5.69. The molecule has 0 rings (SSSR count). The number of carbonyl (C=O) groups excluding carboxylic acids is 1. The van der Waals surface area contributed by atoms with Crippen LogP contribution in [0.1, 0.15) is 277 Å². The van der Waals surface area contributed by atoms with Crippen molar-refractivity contribution in [1.82, 2.24) is 0 Å². The van der Waals surface area contributed by atoms with Crippen LogP contribution in [-0.2, 0) is 9.53 Å². The lowest BCUT2D eigenvalue weighted by Crippen LogP contribution is -2.05. The third-order valence-electron chi connectivity index (χ3n) is 10.8. The molecule has 0 heterocycles. The average Bonchev–Trinajstić information content (AvgIpc) is 3.14. The van der Waals surface area contributed by atoms with E-state index in [1.807, 2.05) is 0 Å². The molecule has 0 N–H and O–H groups in total. The molecule has 0 radical (unpaired) electrons. The molecule has 51 heavy (non-hydrogen) atoms. The number of rotatable bonds is 44. The van der Waals surface area contributed by atoms with E-state index in [4.69, 9.17) is 4.74 Å². The van der Waals surface area contributed by atoms with Crippen LogP contribution in [0.2, 0.25) is 0 Å². The van der Waals surface area contributed by atoms with E-state index in [0.29, 0.717) is 13.0 Å². The fraction of sp³-hybridized carbons (Fsp3) is 0.898. The van der Waals surface area contributed by atoms with Gasteiger partial charge in [0, 0.05) is 6.42 Å². The first-order chi connectivity index (χ1) is 25.3. The van der Waals surface area contributed by atoms with Crippen molar-refractivity contribution in [2.24, 2.45) is 0 Å². The van der Waals surface area contributed by atoms with Gasteiger partial charge in [0.25, 0.3) is 0 Å². The van der Waals surface area contributed by atoms with Gasteiger partial charge in [-0.1, -0.05) is 250 Å². The van der Waals surface area contributed by atoms with Gasteiger partial charge in [-0.3, -0.25) is 4.79 Å². The maximum absolute atomic E-state index is 12.0. The second-order valence-corrected chi connectivity index (χ2v) is 16.1. The zero-order valence-corrected chi connectivity index (χ0v) is 35.3. The Morgan fingerprint density at radius 2 is 0.608 bits per heavy atom. The van der Waals surface area contributed by atoms with Gasteiger partial charge in [-0.05, 0) is 44.9 Å². The summed E-state index contributed by atoms with van der Waals surface area (Å²) < 4.78 is 5.47. The fourth-order valence-electron chi connectivity index (χ4n) is 7.29. The minimum Gasteiger partial charge on any atom is -0.466 e. The Kier molecular flexibility index (Phi) is 46.0. The van der Waals surface area contributed by atoms with Crippen LogP contribution in [0.3, 0.4) is 0 Å². The van der Waals surface area contributed by atoms with Crippen molar-refractivity contribution in [2.45, 2.75) is 277 Å². The highest BCUT2D eigenvalue weighted by atomic mass is 16.5. The lowest BCUT2D eigenvalue weighted by Gasteiger charge is -2.06. The number of allylic oxidation sites excluding steroid dienone is 4. The summed E-state index contributed by atoms with van der Waals surface area (Å²) in [5, 5.41) is 0. The number of esters is 1. The topological polar surface area (TPSA) is 26.3 Å². The predicted octanol–water partition coefficient (Wildman–Crippen LogP) is 17.7. The van der Waals surface area contributed by atoms with E-state index in [0.717, 1.165) is 19.3 Å². The minimum absolute atomic E-state index is 0.0207. The van der Waals surface area contributed by atoms with Gasteiger partial charge in [0.05, 0.1) is 6.61 Å². The van der Waals surface area contributed by atoms with Crippen molar-refractivity contribution in [3.05, 3.63) is 24.3 Å². The summed E-state index contributed by atoms with van der Waals surface area (Å²) in [6.07, 6.45) is 64.5. The van der Waals surface area contributed by atoms with Gasteiger partial charge in [-0.15, -0.1) is 0 Å². The van der Waals surface area contributed by atoms with E-state index < -0.39 is 0 Å². The summed E-state index contributed by atoms with van der Waals surface area (Å²) in [4.78, 5) is 12.0. The molecule has 302 valence electrons. The fourth-order valence-corrected chi connectivity index (χ4v) is 7.29. The summed E-state index contributed by atoms with van der Waals surface area (Å²) in [5.74, 6) is 0.0207. The van der Waals surface area contributed by atoms with Crippen molar-refractivity contribution in [3.8, 4) is 0 Å². The molecule has 0 aliphatic carbocycles. The van der Waals surface area contributed by atoms with Gasteiger partial charge < -0.3 is 4.74 Å². The Morgan fingerprint density at radius 3 is 0.980 bits per heavy atom. The molecule has 0 atom stereocenters. The maximum Gasteiger partial charge on any atom is 0.305 e. The van der Waals surface area contributed by atoms with E-state index >= 15 is 0 Å². The normalized spacial score (nSPS) is 11.8. The summed E-state index contributed by atoms with van der Waals surface area (Å²) in [7, 11) is 0. The Labute approximate surface area is 322 Å². The van der Waals surface area contributed by atoms with Gasteiger partial charge in [-0.25, -0.2) is 0 Å². The van der Waals surface area contributed by atoms with E-state index in [1.165, 1.54) is 238 Å². The van der Waals surface area contributed by atoms with Crippen molar-refractivity contribution in [3.63, 3.8) is 0 Å². The molecule has 2 nitrogen and oxygen atoms in total. The van der Waals surface area contributed by atoms with Crippen molar-refractivity contribution in [1.29, 1.82) is 0 Å². The summed E-state index contributed by atoms with van der Waals surface area (Å²) in [6, 6.07) is 0. The highest BCUT2D eigenvalue weighted by Gasteiger charge is 2.03. The molecule has 0 aromatic rings. The van der Waals surface area contributed by atoms with Crippen LogP contribution in [0.4, 0.5) is 0 Å². The molecular weight excluding hydrogens is 621 g/mol. The van der Waals surface area contributed by atoms with Crippen molar-refractivity contribution >= 4 is 5.97 Å². The molecule has 0 unspecified atom stereocenters. The Morgan fingerprint density at radius 1 is 0.333 bits per heavy atom. The number of ether oxygens (including phenoxy) is 1. The number of carbonyl (C=O) groups is 1. The van der Waals surface area contributed by atoms with Gasteiger partial charge in [-0.2, -0.15) is 0 Å². The molecule has 0 aromatic carbocycles. The summed E-state index contributed by atoms with van der Waals surface area (Å²) in [6.45, 7) is 5.18. The first-order valence-corrected chi connectivity index (χ1v) is 23.8. The Bertz CT molecular complexity index is 694. The second-order valence-electron chi connectivity index (χ2n) is 16.1. The first kappa shape index (κ1) is 49.9. The van der Waals surface area contributed by atoms with Gasteiger partial charge in [0.15, 0.2) is 0 Å². The van der Waals surface area contributed by atoms with E-state index in [9.17, 15) is 4.79 Å².